The Bertz CT molecular complexity index is 655. The minimum absolute atomic E-state index is 0.126. The SMILES string of the molecule is Cc1ccc(C(=O)NC(Cc2cnc[nH]2)C(=O)O)cc1Cl. The third-order valence-corrected chi connectivity index (χ3v) is 3.42. The molecule has 1 aromatic heterocycles. The molecule has 1 amide bonds. The zero-order chi connectivity index (χ0) is 15.4. The average molecular weight is 308 g/mol. The van der Waals surface area contributed by atoms with Gasteiger partial charge in [-0.15, -0.1) is 0 Å². The summed E-state index contributed by atoms with van der Waals surface area (Å²) in [6.45, 7) is 1.82. The van der Waals surface area contributed by atoms with Crippen molar-refractivity contribution in [3.63, 3.8) is 0 Å². The van der Waals surface area contributed by atoms with Crippen LogP contribution in [0.1, 0.15) is 21.6 Å². The van der Waals surface area contributed by atoms with Gasteiger partial charge in [0.1, 0.15) is 6.04 Å². The highest BCUT2D eigenvalue weighted by Crippen LogP contribution is 2.16. The molecule has 2 aromatic rings. The van der Waals surface area contributed by atoms with Crippen LogP contribution in [0.2, 0.25) is 5.02 Å². The number of aryl methyl sites for hydroxylation is 1. The van der Waals surface area contributed by atoms with E-state index in [0.29, 0.717) is 16.3 Å². The van der Waals surface area contributed by atoms with Crippen LogP contribution in [-0.4, -0.2) is 33.0 Å². The van der Waals surface area contributed by atoms with Gasteiger partial charge in [-0.3, -0.25) is 4.79 Å². The van der Waals surface area contributed by atoms with Crippen LogP contribution in [0.4, 0.5) is 0 Å². The van der Waals surface area contributed by atoms with Gasteiger partial charge in [-0.25, -0.2) is 9.78 Å². The number of amides is 1. The Kier molecular flexibility index (Phi) is 4.59. The van der Waals surface area contributed by atoms with Crippen LogP contribution >= 0.6 is 11.6 Å². The van der Waals surface area contributed by atoms with Gasteiger partial charge in [0.15, 0.2) is 0 Å². The number of carboxylic acids is 1. The minimum atomic E-state index is -1.11. The molecular formula is C14H14ClN3O3. The lowest BCUT2D eigenvalue weighted by molar-refractivity contribution is -0.139. The van der Waals surface area contributed by atoms with E-state index in [0.717, 1.165) is 5.56 Å². The Morgan fingerprint density at radius 2 is 2.24 bits per heavy atom. The zero-order valence-electron chi connectivity index (χ0n) is 11.3. The molecule has 0 aliphatic carbocycles. The van der Waals surface area contributed by atoms with Gasteiger partial charge >= 0.3 is 5.97 Å². The van der Waals surface area contributed by atoms with Gasteiger partial charge < -0.3 is 15.4 Å². The number of H-pyrrole nitrogens is 1. The van der Waals surface area contributed by atoms with E-state index in [9.17, 15) is 14.7 Å². The zero-order valence-corrected chi connectivity index (χ0v) is 12.0. The largest absolute Gasteiger partial charge is 0.480 e. The number of carboxylic acid groups (broad SMARTS) is 1. The summed E-state index contributed by atoms with van der Waals surface area (Å²) in [5.74, 6) is -1.60. The number of aromatic nitrogens is 2. The normalized spacial score (nSPS) is 11.9. The summed E-state index contributed by atoms with van der Waals surface area (Å²) in [6, 6.07) is 3.78. The fourth-order valence-corrected chi connectivity index (χ4v) is 1.97. The first-order valence-corrected chi connectivity index (χ1v) is 6.62. The van der Waals surface area contributed by atoms with Crippen LogP contribution in [-0.2, 0) is 11.2 Å². The fourth-order valence-electron chi connectivity index (χ4n) is 1.79. The highest BCUT2D eigenvalue weighted by Gasteiger charge is 2.21. The van der Waals surface area contributed by atoms with Gasteiger partial charge in [0.2, 0.25) is 0 Å². The molecule has 0 aliphatic heterocycles. The lowest BCUT2D eigenvalue weighted by Gasteiger charge is -2.14. The van der Waals surface area contributed by atoms with Crippen molar-refractivity contribution in [3.8, 4) is 0 Å². The van der Waals surface area contributed by atoms with Crippen molar-refractivity contribution in [2.45, 2.75) is 19.4 Å². The highest BCUT2D eigenvalue weighted by molar-refractivity contribution is 6.31. The molecule has 0 fully saturated rings. The number of rotatable bonds is 5. The lowest BCUT2D eigenvalue weighted by atomic mass is 10.1. The second-order valence-electron chi connectivity index (χ2n) is 4.61. The van der Waals surface area contributed by atoms with Crippen LogP contribution in [0.3, 0.4) is 0 Å². The molecule has 1 unspecified atom stereocenters. The number of halogens is 1. The molecular weight excluding hydrogens is 294 g/mol. The van der Waals surface area contributed by atoms with Crippen molar-refractivity contribution in [1.29, 1.82) is 0 Å². The molecule has 1 atom stereocenters. The Labute approximate surface area is 126 Å². The minimum Gasteiger partial charge on any atom is -0.480 e. The molecule has 0 aliphatic rings. The summed E-state index contributed by atoms with van der Waals surface area (Å²) in [7, 11) is 0. The summed E-state index contributed by atoms with van der Waals surface area (Å²) < 4.78 is 0. The Hall–Kier alpha value is -2.34. The molecule has 2 rings (SSSR count). The quantitative estimate of drug-likeness (QED) is 0.785. The van der Waals surface area contributed by atoms with Crippen molar-refractivity contribution in [3.05, 3.63) is 52.6 Å². The number of nitrogens with zero attached hydrogens (tertiary/aromatic N) is 1. The standard InChI is InChI=1S/C14H14ClN3O3/c1-8-2-3-9(4-11(8)15)13(19)18-12(14(20)21)5-10-6-16-7-17-10/h2-4,6-7,12H,5H2,1H3,(H,16,17)(H,18,19)(H,20,21). The first-order valence-electron chi connectivity index (χ1n) is 6.24. The van der Waals surface area contributed by atoms with Crippen LogP contribution in [0.5, 0.6) is 0 Å². The van der Waals surface area contributed by atoms with Crippen molar-refractivity contribution in [1.82, 2.24) is 15.3 Å². The molecule has 7 heteroatoms. The van der Waals surface area contributed by atoms with E-state index in [1.165, 1.54) is 18.6 Å². The summed E-state index contributed by atoms with van der Waals surface area (Å²) in [5.41, 5.74) is 1.80. The maximum atomic E-state index is 12.1. The van der Waals surface area contributed by atoms with Gasteiger partial charge in [0.25, 0.3) is 5.91 Å². The van der Waals surface area contributed by atoms with Gasteiger partial charge in [0, 0.05) is 28.9 Å². The lowest BCUT2D eigenvalue weighted by Crippen LogP contribution is -2.42. The molecule has 0 radical (unpaired) electrons. The van der Waals surface area contributed by atoms with Crippen molar-refractivity contribution >= 4 is 23.5 Å². The number of hydrogen-bond acceptors (Lipinski definition) is 3. The topological polar surface area (TPSA) is 95.1 Å². The third-order valence-electron chi connectivity index (χ3n) is 3.02. The Morgan fingerprint density at radius 3 is 2.81 bits per heavy atom. The van der Waals surface area contributed by atoms with Gasteiger partial charge in [0.05, 0.1) is 6.33 Å². The summed E-state index contributed by atoms with van der Waals surface area (Å²) >= 11 is 5.96. The van der Waals surface area contributed by atoms with Crippen LogP contribution in [0.25, 0.3) is 0 Å². The number of imidazole rings is 1. The molecule has 1 heterocycles. The maximum absolute atomic E-state index is 12.1. The number of carbonyl (C=O) groups is 2. The van der Waals surface area contributed by atoms with Crippen molar-refractivity contribution < 1.29 is 14.7 Å². The van der Waals surface area contributed by atoms with Crippen molar-refractivity contribution in [2.24, 2.45) is 0 Å². The van der Waals surface area contributed by atoms with E-state index in [1.807, 2.05) is 6.92 Å². The monoisotopic (exact) mass is 307 g/mol. The fraction of sp³-hybridized carbons (Fsp3) is 0.214. The van der Waals surface area contributed by atoms with Crippen LogP contribution in [0, 0.1) is 6.92 Å². The number of aliphatic carboxylic acids is 1. The average Bonchev–Trinajstić information content (AvgIpc) is 2.93. The van der Waals surface area contributed by atoms with E-state index in [1.54, 1.807) is 12.1 Å². The number of aromatic amines is 1. The second-order valence-corrected chi connectivity index (χ2v) is 5.02. The number of hydrogen-bond donors (Lipinski definition) is 3. The molecule has 0 bridgehead atoms. The van der Waals surface area contributed by atoms with E-state index in [4.69, 9.17) is 11.6 Å². The molecule has 1 aromatic carbocycles. The Morgan fingerprint density at radius 1 is 1.48 bits per heavy atom. The summed E-state index contributed by atoms with van der Waals surface area (Å²) in [4.78, 5) is 30.0. The molecule has 3 N–H and O–H groups in total. The second kappa shape index (κ2) is 6.41. The summed E-state index contributed by atoms with van der Waals surface area (Å²) in [6.07, 6.45) is 3.10. The predicted octanol–water partition coefficient (Wildman–Crippen LogP) is 1.80. The number of nitrogens with one attached hydrogen (secondary N) is 2. The molecule has 110 valence electrons. The van der Waals surface area contributed by atoms with Crippen LogP contribution in [0.15, 0.2) is 30.7 Å². The van der Waals surface area contributed by atoms with Gasteiger partial charge in [-0.1, -0.05) is 17.7 Å². The van der Waals surface area contributed by atoms with Crippen LogP contribution < -0.4 is 5.32 Å². The smallest absolute Gasteiger partial charge is 0.326 e. The Balaban J connectivity index is 2.10. The first-order chi connectivity index (χ1) is 9.97. The van der Waals surface area contributed by atoms with E-state index in [-0.39, 0.29) is 6.42 Å². The van der Waals surface area contributed by atoms with Gasteiger partial charge in [-0.05, 0) is 24.6 Å². The maximum Gasteiger partial charge on any atom is 0.326 e. The van der Waals surface area contributed by atoms with E-state index < -0.39 is 17.9 Å². The molecule has 0 saturated heterocycles. The first kappa shape index (κ1) is 15.1. The highest BCUT2D eigenvalue weighted by atomic mass is 35.5. The van der Waals surface area contributed by atoms with E-state index in [2.05, 4.69) is 15.3 Å². The molecule has 21 heavy (non-hydrogen) atoms. The number of carbonyl (C=O) groups excluding carboxylic acids is 1. The third kappa shape index (κ3) is 3.82. The number of benzene rings is 1. The summed E-state index contributed by atoms with van der Waals surface area (Å²) in [5, 5.41) is 12.1. The van der Waals surface area contributed by atoms with E-state index >= 15 is 0 Å². The van der Waals surface area contributed by atoms with Gasteiger partial charge in [-0.2, -0.15) is 0 Å². The predicted molar refractivity (Wildman–Crippen MR) is 77.4 cm³/mol. The molecule has 6 nitrogen and oxygen atoms in total. The molecule has 0 saturated carbocycles. The van der Waals surface area contributed by atoms with Crippen molar-refractivity contribution in [2.75, 3.05) is 0 Å². The molecule has 0 spiro atoms.